The molecule has 0 atom stereocenters. The zero-order valence-electron chi connectivity index (χ0n) is 10.6. The molecular formula is C14H15ClN2OS. The van der Waals surface area contributed by atoms with E-state index in [9.17, 15) is 4.79 Å². The van der Waals surface area contributed by atoms with Gasteiger partial charge < -0.3 is 10.6 Å². The minimum absolute atomic E-state index is 0.0273. The number of nitrogens with two attached hydrogens (primary N) is 1. The summed E-state index contributed by atoms with van der Waals surface area (Å²) in [6.45, 7) is 0. The topological polar surface area (TPSA) is 46.3 Å². The molecule has 0 spiro atoms. The molecule has 0 saturated heterocycles. The van der Waals surface area contributed by atoms with Crippen molar-refractivity contribution in [2.24, 2.45) is 0 Å². The van der Waals surface area contributed by atoms with Crippen LogP contribution in [0.15, 0.2) is 18.2 Å². The Bertz CT molecular complexity index is 648. The van der Waals surface area contributed by atoms with Gasteiger partial charge in [0.1, 0.15) is 4.88 Å². The number of fused-ring (bicyclic) bond motifs is 1. The zero-order chi connectivity index (χ0) is 13.6. The number of benzene rings is 1. The quantitative estimate of drug-likeness (QED) is 0.916. The van der Waals surface area contributed by atoms with Gasteiger partial charge in [0, 0.05) is 28.2 Å². The number of hydrogen-bond donors (Lipinski definition) is 1. The maximum absolute atomic E-state index is 12.5. The maximum atomic E-state index is 12.5. The minimum Gasteiger partial charge on any atom is -0.397 e. The summed E-state index contributed by atoms with van der Waals surface area (Å²) >= 11 is 7.42. The first-order valence-corrected chi connectivity index (χ1v) is 7.52. The predicted octanol–water partition coefficient (Wildman–Crippen LogP) is 3.76. The molecule has 0 aliphatic heterocycles. The van der Waals surface area contributed by atoms with E-state index in [1.807, 2.05) is 30.1 Å². The molecule has 2 aromatic rings. The molecule has 0 unspecified atom stereocenters. The molecule has 1 fully saturated rings. The Labute approximate surface area is 121 Å². The Morgan fingerprint density at radius 1 is 1.47 bits per heavy atom. The first-order chi connectivity index (χ1) is 9.08. The van der Waals surface area contributed by atoms with Crippen LogP contribution in [-0.4, -0.2) is 23.9 Å². The Hall–Kier alpha value is -1.26. The van der Waals surface area contributed by atoms with E-state index in [1.165, 1.54) is 17.8 Å². The highest BCUT2D eigenvalue weighted by Crippen LogP contribution is 2.37. The van der Waals surface area contributed by atoms with Gasteiger partial charge in [0.25, 0.3) is 5.91 Å². The molecule has 1 saturated carbocycles. The molecule has 0 radical (unpaired) electrons. The van der Waals surface area contributed by atoms with Gasteiger partial charge in [-0.05, 0) is 37.5 Å². The molecule has 1 heterocycles. The van der Waals surface area contributed by atoms with Gasteiger partial charge in [-0.2, -0.15) is 0 Å². The first kappa shape index (κ1) is 12.8. The van der Waals surface area contributed by atoms with Crippen LogP contribution in [0.25, 0.3) is 10.1 Å². The van der Waals surface area contributed by atoms with Gasteiger partial charge in [-0.1, -0.05) is 11.6 Å². The first-order valence-electron chi connectivity index (χ1n) is 6.32. The second-order valence-electron chi connectivity index (χ2n) is 4.99. The Kier molecular flexibility index (Phi) is 3.15. The summed E-state index contributed by atoms with van der Waals surface area (Å²) in [6, 6.07) is 5.94. The third-order valence-corrected chi connectivity index (χ3v) is 5.24. The summed E-state index contributed by atoms with van der Waals surface area (Å²) in [5.41, 5.74) is 6.66. The van der Waals surface area contributed by atoms with Crippen LogP contribution in [0.4, 0.5) is 5.69 Å². The van der Waals surface area contributed by atoms with Crippen molar-refractivity contribution >= 4 is 44.6 Å². The van der Waals surface area contributed by atoms with Gasteiger partial charge in [-0.15, -0.1) is 11.3 Å². The SMILES string of the molecule is CN(C(=O)c1sc2ccc(Cl)cc2c1N)C1CCC1. The normalized spacial score (nSPS) is 15.5. The minimum atomic E-state index is 0.0273. The van der Waals surface area contributed by atoms with Crippen LogP contribution in [0.1, 0.15) is 28.9 Å². The van der Waals surface area contributed by atoms with Crippen LogP contribution < -0.4 is 5.73 Å². The smallest absolute Gasteiger partial charge is 0.266 e. The number of halogens is 1. The summed E-state index contributed by atoms with van der Waals surface area (Å²) < 4.78 is 1.01. The van der Waals surface area contributed by atoms with E-state index in [2.05, 4.69) is 0 Å². The van der Waals surface area contributed by atoms with Crippen LogP contribution in [0.3, 0.4) is 0 Å². The van der Waals surface area contributed by atoms with Gasteiger partial charge in [-0.3, -0.25) is 4.79 Å². The number of rotatable bonds is 2. The Morgan fingerprint density at radius 3 is 2.84 bits per heavy atom. The lowest BCUT2D eigenvalue weighted by atomic mass is 9.92. The second kappa shape index (κ2) is 4.69. The highest BCUT2D eigenvalue weighted by molar-refractivity contribution is 7.21. The molecule has 1 aliphatic rings. The van der Waals surface area contributed by atoms with E-state index < -0.39 is 0 Å². The van der Waals surface area contributed by atoms with Crippen LogP contribution in [0.5, 0.6) is 0 Å². The van der Waals surface area contributed by atoms with Gasteiger partial charge in [0.05, 0.1) is 5.69 Å². The molecule has 1 aliphatic carbocycles. The molecule has 1 amide bonds. The molecule has 100 valence electrons. The van der Waals surface area contributed by atoms with Gasteiger partial charge in [0.15, 0.2) is 0 Å². The van der Waals surface area contributed by atoms with Gasteiger partial charge in [-0.25, -0.2) is 0 Å². The van der Waals surface area contributed by atoms with Crippen LogP contribution in [0, 0.1) is 0 Å². The lowest BCUT2D eigenvalue weighted by Crippen LogP contribution is -2.41. The number of carbonyl (C=O) groups excluding carboxylic acids is 1. The lowest BCUT2D eigenvalue weighted by molar-refractivity contribution is 0.0658. The number of amides is 1. The maximum Gasteiger partial charge on any atom is 0.266 e. The van der Waals surface area contributed by atoms with Gasteiger partial charge >= 0.3 is 0 Å². The van der Waals surface area contributed by atoms with E-state index in [-0.39, 0.29) is 5.91 Å². The monoisotopic (exact) mass is 294 g/mol. The van der Waals surface area contributed by atoms with Crippen molar-refractivity contribution in [1.29, 1.82) is 0 Å². The van der Waals surface area contributed by atoms with Crippen molar-refractivity contribution in [3.63, 3.8) is 0 Å². The van der Waals surface area contributed by atoms with Crippen LogP contribution in [-0.2, 0) is 0 Å². The zero-order valence-corrected chi connectivity index (χ0v) is 12.2. The summed E-state index contributed by atoms with van der Waals surface area (Å²) in [5, 5.41) is 1.52. The Balaban J connectivity index is 2.00. The molecular weight excluding hydrogens is 280 g/mol. The number of hydrogen-bond acceptors (Lipinski definition) is 3. The van der Waals surface area contributed by atoms with Crippen LogP contribution >= 0.6 is 22.9 Å². The van der Waals surface area contributed by atoms with E-state index in [0.29, 0.717) is 21.6 Å². The summed E-state index contributed by atoms with van der Waals surface area (Å²) in [4.78, 5) is 14.9. The average Bonchev–Trinajstić information content (AvgIpc) is 2.64. The highest BCUT2D eigenvalue weighted by Gasteiger charge is 2.28. The predicted molar refractivity (Wildman–Crippen MR) is 81.0 cm³/mol. The molecule has 2 N–H and O–H groups in total. The van der Waals surface area contributed by atoms with E-state index in [4.69, 9.17) is 17.3 Å². The van der Waals surface area contributed by atoms with Crippen molar-refractivity contribution in [3.05, 3.63) is 28.1 Å². The fraction of sp³-hybridized carbons (Fsp3) is 0.357. The standard InChI is InChI=1S/C14H15ClN2OS/c1-17(9-3-2-4-9)14(18)13-12(16)10-7-8(15)5-6-11(10)19-13/h5-7,9H,2-4,16H2,1H3. The fourth-order valence-corrected chi connectivity index (χ4v) is 3.61. The lowest BCUT2D eigenvalue weighted by Gasteiger charge is -2.34. The van der Waals surface area contributed by atoms with E-state index >= 15 is 0 Å². The van der Waals surface area contributed by atoms with Crippen molar-refractivity contribution in [1.82, 2.24) is 4.90 Å². The van der Waals surface area contributed by atoms with E-state index in [1.54, 1.807) is 0 Å². The van der Waals surface area contributed by atoms with E-state index in [0.717, 1.165) is 22.9 Å². The third kappa shape index (κ3) is 2.09. The van der Waals surface area contributed by atoms with Crippen molar-refractivity contribution < 1.29 is 4.79 Å². The molecule has 3 rings (SSSR count). The number of carbonyl (C=O) groups is 1. The number of nitrogens with zero attached hydrogens (tertiary/aromatic N) is 1. The van der Waals surface area contributed by atoms with Crippen molar-refractivity contribution in [3.8, 4) is 0 Å². The third-order valence-electron chi connectivity index (χ3n) is 3.83. The average molecular weight is 295 g/mol. The van der Waals surface area contributed by atoms with Crippen LogP contribution in [0.2, 0.25) is 5.02 Å². The number of anilines is 1. The highest BCUT2D eigenvalue weighted by atomic mass is 35.5. The van der Waals surface area contributed by atoms with Crippen molar-refractivity contribution in [2.45, 2.75) is 25.3 Å². The molecule has 0 bridgehead atoms. The molecule has 19 heavy (non-hydrogen) atoms. The van der Waals surface area contributed by atoms with Gasteiger partial charge in [0.2, 0.25) is 0 Å². The molecule has 1 aromatic heterocycles. The Morgan fingerprint density at radius 2 is 2.21 bits per heavy atom. The molecule has 1 aromatic carbocycles. The number of thiophene rings is 1. The van der Waals surface area contributed by atoms with Crippen molar-refractivity contribution in [2.75, 3.05) is 12.8 Å². The summed E-state index contributed by atoms with van der Waals surface area (Å²) in [7, 11) is 1.86. The summed E-state index contributed by atoms with van der Waals surface area (Å²) in [5.74, 6) is 0.0273. The second-order valence-corrected chi connectivity index (χ2v) is 6.47. The largest absolute Gasteiger partial charge is 0.397 e. The number of nitrogen functional groups attached to an aromatic ring is 1. The fourth-order valence-electron chi connectivity index (χ4n) is 2.35. The molecule has 5 heteroatoms. The molecule has 3 nitrogen and oxygen atoms in total. The summed E-state index contributed by atoms with van der Waals surface area (Å²) in [6.07, 6.45) is 3.40.